The lowest BCUT2D eigenvalue weighted by Crippen LogP contribution is -2.51. The molecular formula is C41H50FN3O10. The number of piperidine rings is 1. The molecule has 2 heterocycles. The van der Waals surface area contributed by atoms with Gasteiger partial charge in [-0.25, -0.2) is 14.0 Å². The van der Waals surface area contributed by atoms with Gasteiger partial charge in [0.1, 0.15) is 28.8 Å². The van der Waals surface area contributed by atoms with Gasteiger partial charge in [-0.2, -0.15) is 0 Å². The SMILES string of the molecule is COCOc1ccc(C(=O)N[C@@H]2CN(C(=O)OC(C)(C)C)CCC[C@H]2OC(=O)c2ccc(C(=O)c3c(OCOC)ccc(N4CCCCC4)c3F)cc2)cc1. The van der Waals surface area contributed by atoms with Crippen molar-refractivity contribution in [3.05, 3.63) is 88.7 Å². The molecule has 13 nitrogen and oxygen atoms in total. The van der Waals surface area contributed by atoms with Gasteiger partial charge in [0, 0.05) is 51.5 Å². The summed E-state index contributed by atoms with van der Waals surface area (Å²) >= 11 is 0. The summed E-state index contributed by atoms with van der Waals surface area (Å²) in [6, 6.07) is 14.6. The van der Waals surface area contributed by atoms with Crippen molar-refractivity contribution in [1.82, 2.24) is 10.2 Å². The lowest BCUT2D eigenvalue weighted by Gasteiger charge is -2.30. The average Bonchev–Trinajstić information content (AvgIpc) is 3.37. The number of methoxy groups -OCH3 is 2. The monoisotopic (exact) mass is 763 g/mol. The van der Waals surface area contributed by atoms with Crippen molar-refractivity contribution in [3.63, 3.8) is 0 Å². The molecular weight excluding hydrogens is 713 g/mol. The van der Waals surface area contributed by atoms with Crippen LogP contribution in [0.1, 0.15) is 89.5 Å². The topological polar surface area (TPSA) is 142 Å². The first-order chi connectivity index (χ1) is 26.4. The van der Waals surface area contributed by atoms with Crippen LogP contribution in [0.5, 0.6) is 11.5 Å². The molecule has 2 atom stereocenters. The molecule has 0 spiro atoms. The Morgan fingerprint density at radius 2 is 1.42 bits per heavy atom. The first-order valence-electron chi connectivity index (χ1n) is 18.4. The number of ether oxygens (including phenoxy) is 6. The molecule has 0 aliphatic carbocycles. The Balaban J connectivity index is 1.34. The highest BCUT2D eigenvalue weighted by Gasteiger charge is 2.35. The Morgan fingerprint density at radius 3 is 2.07 bits per heavy atom. The highest BCUT2D eigenvalue weighted by Crippen LogP contribution is 2.33. The van der Waals surface area contributed by atoms with Gasteiger partial charge in [0.15, 0.2) is 25.2 Å². The van der Waals surface area contributed by atoms with E-state index < -0.39 is 47.3 Å². The maximum Gasteiger partial charge on any atom is 0.410 e. The van der Waals surface area contributed by atoms with E-state index in [0.29, 0.717) is 49.5 Å². The zero-order chi connectivity index (χ0) is 39.5. The van der Waals surface area contributed by atoms with E-state index in [-0.39, 0.29) is 42.6 Å². The van der Waals surface area contributed by atoms with Crippen LogP contribution in [0.4, 0.5) is 14.9 Å². The van der Waals surface area contributed by atoms with Gasteiger partial charge in [0.05, 0.1) is 17.3 Å². The van der Waals surface area contributed by atoms with Crippen molar-refractivity contribution in [2.45, 2.75) is 70.6 Å². The van der Waals surface area contributed by atoms with Gasteiger partial charge >= 0.3 is 12.1 Å². The zero-order valence-electron chi connectivity index (χ0n) is 32.1. The van der Waals surface area contributed by atoms with Crippen LogP contribution in [0.3, 0.4) is 0 Å². The van der Waals surface area contributed by atoms with Crippen LogP contribution in [-0.2, 0) is 18.9 Å². The Bertz CT molecular complexity index is 1790. The molecule has 1 N–H and O–H groups in total. The zero-order valence-corrected chi connectivity index (χ0v) is 32.1. The number of amides is 2. The molecule has 0 bridgehead atoms. The molecule has 296 valence electrons. The van der Waals surface area contributed by atoms with Gasteiger partial charge in [-0.05, 0) is 101 Å². The maximum atomic E-state index is 16.1. The van der Waals surface area contributed by atoms with E-state index in [0.717, 1.165) is 19.3 Å². The van der Waals surface area contributed by atoms with Crippen LogP contribution in [-0.4, -0.2) is 100 Å². The maximum absolute atomic E-state index is 16.1. The van der Waals surface area contributed by atoms with Crippen molar-refractivity contribution in [1.29, 1.82) is 0 Å². The Morgan fingerprint density at radius 1 is 0.782 bits per heavy atom. The van der Waals surface area contributed by atoms with Gasteiger partial charge in [-0.1, -0.05) is 12.1 Å². The van der Waals surface area contributed by atoms with Crippen molar-refractivity contribution < 1.29 is 52.0 Å². The normalized spacial score (nSPS) is 17.5. The van der Waals surface area contributed by atoms with E-state index >= 15 is 4.39 Å². The predicted molar refractivity (Wildman–Crippen MR) is 201 cm³/mol. The average molecular weight is 764 g/mol. The van der Waals surface area contributed by atoms with E-state index in [1.54, 1.807) is 57.2 Å². The number of rotatable bonds is 13. The van der Waals surface area contributed by atoms with Crippen molar-refractivity contribution in [2.75, 3.05) is 58.9 Å². The molecule has 0 unspecified atom stereocenters. The molecule has 2 aliphatic heterocycles. The van der Waals surface area contributed by atoms with Crippen LogP contribution >= 0.6 is 0 Å². The summed E-state index contributed by atoms with van der Waals surface area (Å²) in [5.74, 6) is -1.87. The van der Waals surface area contributed by atoms with Gasteiger partial charge < -0.3 is 43.5 Å². The molecule has 0 radical (unpaired) electrons. The summed E-state index contributed by atoms with van der Waals surface area (Å²) in [7, 11) is 2.93. The number of carbonyl (C=O) groups is 4. The minimum Gasteiger partial charge on any atom is -0.468 e. The standard InChI is InChI=1S/C41H50FN3O10/c1-41(2,3)55-40(49)45-23-9-10-33(31(24-45)43-38(47)28-15-17-30(18-16-28)52-25-50-4)54-39(48)29-13-11-27(12-14-29)37(46)35-34(53-26-51-5)20-19-32(36(35)42)44-21-7-6-8-22-44/h11-20,31,33H,6-10,21-26H2,1-5H3,(H,43,47)/t31-,33-/m1/s1. The second-order valence-electron chi connectivity index (χ2n) is 14.4. The van der Waals surface area contributed by atoms with Gasteiger partial charge in [0.2, 0.25) is 0 Å². The van der Waals surface area contributed by atoms with E-state index in [1.165, 1.54) is 43.4 Å². The van der Waals surface area contributed by atoms with Crippen molar-refractivity contribution in [3.8, 4) is 11.5 Å². The smallest absolute Gasteiger partial charge is 0.410 e. The highest BCUT2D eigenvalue weighted by atomic mass is 19.1. The van der Waals surface area contributed by atoms with E-state index in [4.69, 9.17) is 28.4 Å². The first kappa shape index (κ1) is 41.0. The number of likely N-dealkylation sites (tertiary alicyclic amines) is 1. The third kappa shape index (κ3) is 10.9. The number of carbonyl (C=O) groups excluding carboxylic acids is 4. The number of nitrogens with one attached hydrogen (secondary N) is 1. The van der Waals surface area contributed by atoms with Crippen LogP contribution in [0.2, 0.25) is 0 Å². The molecule has 3 aromatic rings. The Labute approximate surface area is 320 Å². The number of hydrogen-bond acceptors (Lipinski definition) is 11. The fourth-order valence-electron chi connectivity index (χ4n) is 6.47. The minimum atomic E-state index is -0.818. The molecule has 0 saturated carbocycles. The number of nitrogens with zero attached hydrogens (tertiary/aromatic N) is 2. The van der Waals surface area contributed by atoms with E-state index in [1.807, 2.05) is 4.90 Å². The molecule has 2 fully saturated rings. The van der Waals surface area contributed by atoms with Crippen LogP contribution in [0.15, 0.2) is 60.7 Å². The molecule has 2 saturated heterocycles. The Kier molecular flexibility index (Phi) is 14.1. The second kappa shape index (κ2) is 18.9. The predicted octanol–water partition coefficient (Wildman–Crippen LogP) is 6.37. The summed E-state index contributed by atoms with van der Waals surface area (Å²) in [4.78, 5) is 57.4. The lowest BCUT2D eigenvalue weighted by molar-refractivity contribution is 0.0127. The quantitative estimate of drug-likeness (QED) is 0.118. The number of esters is 1. The number of benzene rings is 3. The number of halogens is 1. The summed E-state index contributed by atoms with van der Waals surface area (Å²) < 4.78 is 48.7. The molecule has 0 aromatic heterocycles. The summed E-state index contributed by atoms with van der Waals surface area (Å²) in [6.07, 6.45) is 2.36. The third-order valence-electron chi connectivity index (χ3n) is 9.19. The minimum absolute atomic E-state index is 0.0244. The number of ketones is 1. The largest absolute Gasteiger partial charge is 0.468 e. The summed E-state index contributed by atoms with van der Waals surface area (Å²) in [6.45, 7) is 6.89. The van der Waals surface area contributed by atoms with Crippen LogP contribution in [0, 0.1) is 5.82 Å². The molecule has 3 aromatic carbocycles. The van der Waals surface area contributed by atoms with E-state index in [9.17, 15) is 19.2 Å². The molecule has 2 amide bonds. The van der Waals surface area contributed by atoms with E-state index in [2.05, 4.69) is 5.32 Å². The van der Waals surface area contributed by atoms with Gasteiger partial charge in [-0.3, -0.25) is 9.59 Å². The van der Waals surface area contributed by atoms with Crippen molar-refractivity contribution in [2.24, 2.45) is 0 Å². The fourth-order valence-corrected chi connectivity index (χ4v) is 6.47. The number of anilines is 1. The number of hydrogen-bond donors (Lipinski definition) is 1. The molecule has 14 heteroatoms. The van der Waals surface area contributed by atoms with Gasteiger partial charge in [0.25, 0.3) is 5.91 Å². The molecule has 2 aliphatic rings. The highest BCUT2D eigenvalue weighted by molar-refractivity contribution is 6.11. The Hall–Kier alpha value is -5.21. The van der Waals surface area contributed by atoms with Gasteiger partial charge in [-0.15, -0.1) is 0 Å². The van der Waals surface area contributed by atoms with Crippen LogP contribution in [0.25, 0.3) is 0 Å². The lowest BCUT2D eigenvalue weighted by atomic mass is 9.99. The summed E-state index contributed by atoms with van der Waals surface area (Å²) in [5.41, 5.74) is -0.0266. The van der Waals surface area contributed by atoms with Crippen molar-refractivity contribution >= 4 is 29.4 Å². The second-order valence-corrected chi connectivity index (χ2v) is 14.4. The molecule has 55 heavy (non-hydrogen) atoms. The third-order valence-corrected chi connectivity index (χ3v) is 9.19. The fraction of sp³-hybridized carbons (Fsp3) is 0.463. The summed E-state index contributed by atoms with van der Waals surface area (Å²) in [5, 5.41) is 2.95. The van der Waals surface area contributed by atoms with Crippen LogP contribution < -0.4 is 19.7 Å². The molecule has 5 rings (SSSR count). The first-order valence-corrected chi connectivity index (χ1v) is 18.4.